The van der Waals surface area contributed by atoms with Gasteiger partial charge in [0.25, 0.3) is 0 Å². The molecule has 1 N–H and O–H groups in total. The quantitative estimate of drug-likeness (QED) is 0.221. The maximum Gasteiger partial charge on any atom is 0.419 e. The normalized spacial score (nSPS) is 18.4. The van der Waals surface area contributed by atoms with E-state index >= 15 is 0 Å². The number of nitrogens with zero attached hydrogens (tertiary/aromatic N) is 3. The van der Waals surface area contributed by atoms with Gasteiger partial charge in [0, 0.05) is 19.2 Å². The molecule has 12 heteroatoms. The summed E-state index contributed by atoms with van der Waals surface area (Å²) in [5, 5.41) is 9.70. The van der Waals surface area contributed by atoms with Gasteiger partial charge < -0.3 is 28.6 Å². The molecule has 45 heavy (non-hydrogen) atoms. The first-order chi connectivity index (χ1) is 21.5. The van der Waals surface area contributed by atoms with E-state index in [1.54, 1.807) is 37.4 Å². The topological polar surface area (TPSA) is 95.3 Å². The van der Waals surface area contributed by atoms with Crippen LogP contribution in [0.15, 0.2) is 48.5 Å². The van der Waals surface area contributed by atoms with Crippen molar-refractivity contribution in [2.45, 2.75) is 57.8 Å². The number of hydrogen-bond donors (Lipinski definition) is 1. The van der Waals surface area contributed by atoms with Crippen LogP contribution < -0.4 is 14.2 Å². The molecule has 2 aliphatic heterocycles. The van der Waals surface area contributed by atoms with E-state index in [4.69, 9.17) is 23.9 Å². The van der Waals surface area contributed by atoms with Crippen molar-refractivity contribution in [3.8, 4) is 17.2 Å². The fourth-order valence-corrected chi connectivity index (χ4v) is 6.00. The molecule has 0 spiro atoms. The number of carboxylic acids is 1. The third-order valence-electron chi connectivity index (χ3n) is 8.66. The molecule has 0 bridgehead atoms. The van der Waals surface area contributed by atoms with Crippen molar-refractivity contribution in [1.29, 1.82) is 0 Å². The second-order valence-electron chi connectivity index (χ2n) is 11.3. The van der Waals surface area contributed by atoms with Crippen molar-refractivity contribution < 1.29 is 42.0 Å². The van der Waals surface area contributed by atoms with E-state index < -0.39 is 17.7 Å². The molecule has 2 aliphatic rings. The van der Waals surface area contributed by atoms with E-state index in [9.17, 15) is 23.1 Å². The lowest BCUT2D eigenvalue weighted by Gasteiger charge is -2.36. The van der Waals surface area contributed by atoms with Crippen LogP contribution in [-0.2, 0) is 37.0 Å². The zero-order valence-electron chi connectivity index (χ0n) is 25.2. The summed E-state index contributed by atoms with van der Waals surface area (Å²) in [5.41, 5.74) is 2.58. The zero-order valence-corrected chi connectivity index (χ0v) is 25.2. The molecule has 3 aromatic carbocycles. The Labute approximate surface area is 258 Å². The van der Waals surface area contributed by atoms with Gasteiger partial charge in [0.2, 0.25) is 0 Å². The number of ether oxygens (including phenoxy) is 4. The smallest absolute Gasteiger partial charge is 0.419 e. The number of fused-ring (bicyclic) bond motifs is 2. The Morgan fingerprint density at radius 2 is 1.84 bits per heavy atom. The molecular weight excluding hydrogens is 591 g/mol. The number of rotatable bonds is 10. The van der Waals surface area contributed by atoms with Gasteiger partial charge in [0.1, 0.15) is 35.2 Å². The number of aromatic nitrogens is 2. The van der Waals surface area contributed by atoms with Gasteiger partial charge in [-0.15, -0.1) is 0 Å². The van der Waals surface area contributed by atoms with E-state index in [0.717, 1.165) is 12.0 Å². The Hall–Kier alpha value is -4.29. The minimum absolute atomic E-state index is 0.0219. The number of methoxy groups -OCH3 is 2. The number of alkyl halides is 3. The summed E-state index contributed by atoms with van der Waals surface area (Å²) >= 11 is 0. The predicted molar refractivity (Wildman–Crippen MR) is 159 cm³/mol. The zero-order chi connectivity index (χ0) is 31.9. The average molecular weight is 626 g/mol. The summed E-state index contributed by atoms with van der Waals surface area (Å²) in [6.07, 6.45) is -3.30. The second kappa shape index (κ2) is 12.2. The molecule has 2 atom stereocenters. The van der Waals surface area contributed by atoms with E-state index in [0.29, 0.717) is 72.1 Å². The molecule has 0 saturated carbocycles. The van der Waals surface area contributed by atoms with Crippen LogP contribution in [0.25, 0.3) is 11.0 Å². The monoisotopic (exact) mass is 625 g/mol. The van der Waals surface area contributed by atoms with Crippen molar-refractivity contribution in [2.24, 2.45) is 0 Å². The van der Waals surface area contributed by atoms with Gasteiger partial charge in [-0.2, -0.15) is 13.2 Å². The third-order valence-corrected chi connectivity index (χ3v) is 8.66. The summed E-state index contributed by atoms with van der Waals surface area (Å²) < 4.78 is 66.6. The van der Waals surface area contributed by atoms with E-state index in [1.165, 1.54) is 25.3 Å². The van der Waals surface area contributed by atoms with Crippen LogP contribution in [0, 0.1) is 0 Å². The summed E-state index contributed by atoms with van der Waals surface area (Å²) in [6.45, 7) is 3.99. The summed E-state index contributed by atoms with van der Waals surface area (Å²) in [7, 11) is 3.02. The Balaban J connectivity index is 1.32. The van der Waals surface area contributed by atoms with Gasteiger partial charge in [-0.3, -0.25) is 4.90 Å². The molecule has 1 aromatic heterocycles. The SMILES string of the molecule is COc1ccc(COc2cc3c(cc2C(F)(F)F)CCN(Cc2nc4c(OC)cc(C(=O)O)cc4n2C[C@@H]2CCO2)[C@H]3C)cc1. The first-order valence-corrected chi connectivity index (χ1v) is 14.7. The molecular formula is C33H34F3N3O6. The average Bonchev–Trinajstić information content (AvgIpc) is 3.34. The molecule has 1 fully saturated rings. The molecule has 238 valence electrons. The Morgan fingerprint density at radius 1 is 1.09 bits per heavy atom. The predicted octanol–water partition coefficient (Wildman–Crippen LogP) is 6.26. The lowest BCUT2D eigenvalue weighted by molar-refractivity contribution is -0.139. The van der Waals surface area contributed by atoms with Gasteiger partial charge in [0.05, 0.1) is 50.1 Å². The van der Waals surface area contributed by atoms with Crippen molar-refractivity contribution in [3.63, 3.8) is 0 Å². The minimum Gasteiger partial charge on any atom is -0.497 e. The summed E-state index contributed by atoms with van der Waals surface area (Å²) in [5.74, 6) is 0.404. The van der Waals surface area contributed by atoms with E-state index in [-0.39, 0.29) is 30.1 Å². The van der Waals surface area contributed by atoms with Crippen LogP contribution in [-0.4, -0.2) is 59.0 Å². The molecule has 1 saturated heterocycles. The lowest BCUT2D eigenvalue weighted by Crippen LogP contribution is -2.36. The Kier molecular flexibility index (Phi) is 8.36. The number of hydrogen-bond acceptors (Lipinski definition) is 7. The van der Waals surface area contributed by atoms with Crippen LogP contribution in [0.3, 0.4) is 0 Å². The third kappa shape index (κ3) is 6.16. The number of halogens is 3. The highest BCUT2D eigenvalue weighted by Crippen LogP contribution is 2.42. The molecule has 6 rings (SSSR count). The minimum atomic E-state index is -4.58. The van der Waals surface area contributed by atoms with E-state index in [1.807, 2.05) is 11.5 Å². The highest BCUT2D eigenvalue weighted by molar-refractivity contribution is 5.95. The number of carboxylic acid groups (broad SMARTS) is 1. The number of aromatic carboxylic acids is 1. The molecule has 0 unspecified atom stereocenters. The van der Waals surface area contributed by atoms with Crippen molar-refractivity contribution >= 4 is 17.0 Å². The fraction of sp³-hybridized carbons (Fsp3) is 0.394. The maximum atomic E-state index is 14.2. The van der Waals surface area contributed by atoms with Gasteiger partial charge in [0.15, 0.2) is 0 Å². The van der Waals surface area contributed by atoms with Crippen LogP contribution in [0.1, 0.15) is 57.8 Å². The number of imidazole rings is 1. The highest BCUT2D eigenvalue weighted by Gasteiger charge is 2.37. The summed E-state index contributed by atoms with van der Waals surface area (Å²) in [4.78, 5) is 18.9. The van der Waals surface area contributed by atoms with E-state index in [2.05, 4.69) is 4.90 Å². The standard InChI is InChI=1S/C33H34F3N3O6/c1-19-25-15-28(45-18-20-4-6-23(42-2)7-5-20)26(33(34,35)36)12-21(25)8-10-38(19)17-30-37-31-27(39(30)16-24-9-11-44-24)13-22(32(40)41)14-29(31)43-3/h4-7,12-15,19,24H,8-11,16-18H2,1-3H3,(H,40,41)/t19-,24-/m0/s1. The van der Waals surface area contributed by atoms with Crippen molar-refractivity contribution in [3.05, 3.63) is 82.2 Å². The number of benzene rings is 3. The Bertz CT molecular complexity index is 1720. The van der Waals surface area contributed by atoms with Gasteiger partial charge in [-0.1, -0.05) is 12.1 Å². The van der Waals surface area contributed by atoms with Crippen LogP contribution in [0.2, 0.25) is 0 Å². The molecule has 9 nitrogen and oxygen atoms in total. The summed E-state index contributed by atoms with van der Waals surface area (Å²) in [6, 6.07) is 12.5. The Morgan fingerprint density at radius 3 is 2.47 bits per heavy atom. The van der Waals surface area contributed by atoms with Crippen LogP contribution in [0.5, 0.6) is 17.2 Å². The molecule has 0 amide bonds. The first kappa shape index (κ1) is 30.7. The van der Waals surface area contributed by atoms with Crippen LogP contribution >= 0.6 is 0 Å². The highest BCUT2D eigenvalue weighted by atomic mass is 19.4. The van der Waals surface area contributed by atoms with Gasteiger partial charge in [-0.05, 0) is 72.9 Å². The molecule has 0 aliphatic carbocycles. The van der Waals surface area contributed by atoms with Gasteiger partial charge in [-0.25, -0.2) is 9.78 Å². The maximum absolute atomic E-state index is 14.2. The lowest BCUT2D eigenvalue weighted by atomic mass is 9.91. The first-order valence-electron chi connectivity index (χ1n) is 14.7. The largest absolute Gasteiger partial charge is 0.497 e. The van der Waals surface area contributed by atoms with Crippen molar-refractivity contribution in [2.75, 3.05) is 27.4 Å². The number of carbonyl (C=O) groups is 1. The molecule has 0 radical (unpaired) electrons. The molecule has 3 heterocycles. The second-order valence-corrected chi connectivity index (χ2v) is 11.3. The van der Waals surface area contributed by atoms with Crippen molar-refractivity contribution in [1.82, 2.24) is 14.5 Å². The fourth-order valence-electron chi connectivity index (χ4n) is 6.00. The molecule has 4 aromatic rings. The van der Waals surface area contributed by atoms with Crippen LogP contribution in [0.4, 0.5) is 13.2 Å². The van der Waals surface area contributed by atoms with Gasteiger partial charge >= 0.3 is 12.1 Å².